The van der Waals surface area contributed by atoms with Gasteiger partial charge in [-0.3, -0.25) is 0 Å². The molecular weight excluding hydrogens is 222 g/mol. The zero-order valence-corrected chi connectivity index (χ0v) is 11.6. The molecule has 1 aromatic rings. The van der Waals surface area contributed by atoms with Crippen molar-refractivity contribution in [2.45, 2.75) is 58.9 Å². The summed E-state index contributed by atoms with van der Waals surface area (Å²) in [4.78, 5) is 4.28. The Bertz CT molecular complexity index is 325. The van der Waals surface area contributed by atoms with E-state index in [-0.39, 0.29) is 10.8 Å². The Morgan fingerprint density at radius 1 is 1.38 bits per heavy atom. The topological polar surface area (TPSA) is 30.7 Å². The van der Waals surface area contributed by atoms with Crippen LogP contribution in [0.4, 0.5) is 0 Å². The van der Waals surface area contributed by atoms with Crippen LogP contribution in [0.15, 0.2) is 6.33 Å². The van der Waals surface area contributed by atoms with Crippen LogP contribution < -0.4 is 0 Å². The fourth-order valence-electron chi connectivity index (χ4n) is 1.57. The number of hydrogen-bond acceptors (Lipinski definition) is 2. The van der Waals surface area contributed by atoms with Crippen molar-refractivity contribution in [3.05, 3.63) is 12.2 Å². The predicted octanol–water partition coefficient (Wildman–Crippen LogP) is 3.45. The average Bonchev–Trinajstić information content (AvgIpc) is 2.60. The molecule has 0 spiro atoms. The van der Waals surface area contributed by atoms with Crippen LogP contribution >= 0.6 is 11.6 Å². The molecule has 0 fully saturated rings. The molecule has 4 heteroatoms. The van der Waals surface area contributed by atoms with Crippen LogP contribution in [0.25, 0.3) is 0 Å². The lowest BCUT2D eigenvalue weighted by atomic mass is 9.89. The monoisotopic (exact) mass is 243 g/mol. The summed E-state index contributed by atoms with van der Waals surface area (Å²) in [5, 5.41) is 4.39. The maximum atomic E-state index is 6.35. The second-order valence-electron chi connectivity index (χ2n) is 5.59. The zero-order chi connectivity index (χ0) is 12.3. The predicted molar refractivity (Wildman–Crippen MR) is 67.8 cm³/mol. The van der Waals surface area contributed by atoms with Gasteiger partial charge in [0.05, 0.1) is 0 Å². The molecule has 0 N–H and O–H groups in total. The lowest BCUT2D eigenvalue weighted by Crippen LogP contribution is -2.22. The Labute approximate surface area is 103 Å². The summed E-state index contributed by atoms with van der Waals surface area (Å²) in [6, 6.07) is 0.362. The number of aryl methyl sites for hydroxylation is 1. The van der Waals surface area contributed by atoms with Gasteiger partial charge in [0.1, 0.15) is 12.2 Å². The minimum Gasteiger partial charge on any atom is -0.248 e. The normalized spacial score (nSPS) is 14.4. The molecule has 1 unspecified atom stereocenters. The van der Waals surface area contributed by atoms with Crippen molar-refractivity contribution < 1.29 is 0 Å². The van der Waals surface area contributed by atoms with Crippen molar-refractivity contribution in [3.63, 3.8) is 0 Å². The van der Waals surface area contributed by atoms with Crippen molar-refractivity contribution in [2.75, 3.05) is 0 Å². The van der Waals surface area contributed by atoms with Crippen molar-refractivity contribution in [2.24, 2.45) is 5.41 Å². The van der Waals surface area contributed by atoms with Gasteiger partial charge in [0.2, 0.25) is 0 Å². The summed E-state index contributed by atoms with van der Waals surface area (Å²) >= 11 is 6.35. The molecule has 0 bridgehead atoms. The number of nitrogens with zero attached hydrogens (tertiary/aromatic N) is 3. The standard InChI is InChI=1S/C12H22ClN3/c1-9(2)16-11(14-8-15-16)7-6-10(13)12(3,4)5/h8-10H,6-7H2,1-5H3. The molecule has 0 saturated heterocycles. The Morgan fingerprint density at radius 2 is 2.00 bits per heavy atom. The average molecular weight is 244 g/mol. The molecule has 0 aliphatic heterocycles. The SMILES string of the molecule is CC(C)n1ncnc1CCC(Cl)C(C)(C)C. The van der Waals surface area contributed by atoms with E-state index in [2.05, 4.69) is 44.7 Å². The number of aromatic nitrogens is 3. The van der Waals surface area contributed by atoms with Gasteiger partial charge in [-0.15, -0.1) is 11.6 Å². The van der Waals surface area contributed by atoms with Crippen LogP contribution in [0.2, 0.25) is 0 Å². The van der Waals surface area contributed by atoms with E-state index in [1.807, 2.05) is 4.68 Å². The van der Waals surface area contributed by atoms with Gasteiger partial charge >= 0.3 is 0 Å². The van der Waals surface area contributed by atoms with Crippen molar-refractivity contribution in [1.82, 2.24) is 14.8 Å². The third-order valence-electron chi connectivity index (χ3n) is 2.70. The van der Waals surface area contributed by atoms with Gasteiger partial charge < -0.3 is 0 Å². The highest BCUT2D eigenvalue weighted by Gasteiger charge is 2.22. The molecule has 3 nitrogen and oxygen atoms in total. The highest BCUT2D eigenvalue weighted by molar-refractivity contribution is 6.21. The highest BCUT2D eigenvalue weighted by Crippen LogP contribution is 2.28. The second-order valence-corrected chi connectivity index (χ2v) is 6.11. The zero-order valence-electron chi connectivity index (χ0n) is 10.9. The Balaban J connectivity index is 2.58. The van der Waals surface area contributed by atoms with E-state index in [4.69, 9.17) is 11.6 Å². The Kier molecular flexibility index (Phi) is 4.36. The maximum absolute atomic E-state index is 6.35. The van der Waals surface area contributed by atoms with E-state index < -0.39 is 0 Å². The fourth-order valence-corrected chi connectivity index (χ4v) is 1.68. The van der Waals surface area contributed by atoms with E-state index in [1.54, 1.807) is 6.33 Å². The van der Waals surface area contributed by atoms with Gasteiger partial charge in [0, 0.05) is 17.8 Å². The second kappa shape index (κ2) is 5.17. The van der Waals surface area contributed by atoms with Crippen LogP contribution in [-0.2, 0) is 6.42 Å². The number of rotatable bonds is 4. The van der Waals surface area contributed by atoms with Gasteiger partial charge in [-0.1, -0.05) is 20.8 Å². The first-order valence-electron chi connectivity index (χ1n) is 5.85. The first kappa shape index (κ1) is 13.5. The van der Waals surface area contributed by atoms with Crippen LogP contribution in [-0.4, -0.2) is 20.1 Å². The molecule has 0 aliphatic rings. The molecule has 0 saturated carbocycles. The maximum Gasteiger partial charge on any atom is 0.138 e. The Morgan fingerprint density at radius 3 is 2.50 bits per heavy atom. The molecule has 0 amide bonds. The van der Waals surface area contributed by atoms with Gasteiger partial charge in [-0.25, -0.2) is 9.67 Å². The molecule has 1 atom stereocenters. The van der Waals surface area contributed by atoms with Crippen LogP contribution in [0.5, 0.6) is 0 Å². The van der Waals surface area contributed by atoms with E-state index >= 15 is 0 Å². The van der Waals surface area contributed by atoms with Crippen molar-refractivity contribution >= 4 is 11.6 Å². The van der Waals surface area contributed by atoms with E-state index in [1.165, 1.54) is 0 Å². The van der Waals surface area contributed by atoms with E-state index in [0.29, 0.717) is 6.04 Å². The number of halogens is 1. The summed E-state index contributed by atoms with van der Waals surface area (Å²) in [5.74, 6) is 1.03. The summed E-state index contributed by atoms with van der Waals surface area (Å²) in [6.07, 6.45) is 3.45. The first-order chi connectivity index (χ1) is 7.32. The molecule has 0 radical (unpaired) electrons. The quantitative estimate of drug-likeness (QED) is 0.759. The number of alkyl halides is 1. The van der Waals surface area contributed by atoms with E-state index in [9.17, 15) is 0 Å². The third-order valence-corrected chi connectivity index (χ3v) is 3.57. The molecule has 1 rings (SSSR count). The minimum absolute atomic E-state index is 0.143. The largest absolute Gasteiger partial charge is 0.248 e. The smallest absolute Gasteiger partial charge is 0.138 e. The summed E-state index contributed by atoms with van der Waals surface area (Å²) < 4.78 is 1.96. The molecule has 92 valence electrons. The third kappa shape index (κ3) is 3.48. The van der Waals surface area contributed by atoms with Gasteiger partial charge in [-0.2, -0.15) is 5.10 Å². The summed E-state index contributed by atoms with van der Waals surface area (Å²) in [6.45, 7) is 10.7. The lowest BCUT2D eigenvalue weighted by Gasteiger charge is -2.25. The van der Waals surface area contributed by atoms with Crippen molar-refractivity contribution in [3.8, 4) is 0 Å². The van der Waals surface area contributed by atoms with Crippen LogP contribution in [0, 0.1) is 5.41 Å². The summed E-state index contributed by atoms with van der Waals surface area (Å²) in [7, 11) is 0. The van der Waals surface area contributed by atoms with Crippen LogP contribution in [0.3, 0.4) is 0 Å². The number of hydrogen-bond donors (Lipinski definition) is 0. The molecular formula is C12H22ClN3. The van der Waals surface area contributed by atoms with Crippen molar-refractivity contribution in [1.29, 1.82) is 0 Å². The van der Waals surface area contributed by atoms with Gasteiger partial charge in [-0.05, 0) is 25.7 Å². The van der Waals surface area contributed by atoms with Gasteiger partial charge in [0.25, 0.3) is 0 Å². The van der Waals surface area contributed by atoms with Gasteiger partial charge in [0.15, 0.2) is 0 Å². The first-order valence-corrected chi connectivity index (χ1v) is 6.28. The summed E-state index contributed by atoms with van der Waals surface area (Å²) in [5.41, 5.74) is 0.143. The lowest BCUT2D eigenvalue weighted by molar-refractivity contribution is 0.369. The molecule has 1 heterocycles. The molecule has 0 aliphatic carbocycles. The Hall–Kier alpha value is -0.570. The fraction of sp³-hybridized carbons (Fsp3) is 0.833. The highest BCUT2D eigenvalue weighted by atomic mass is 35.5. The van der Waals surface area contributed by atoms with Crippen LogP contribution in [0.1, 0.15) is 52.9 Å². The molecule has 16 heavy (non-hydrogen) atoms. The molecule has 1 aromatic heterocycles. The molecule has 0 aromatic carbocycles. The van der Waals surface area contributed by atoms with E-state index in [0.717, 1.165) is 18.7 Å². The minimum atomic E-state index is 0.143.